The molecule has 0 radical (unpaired) electrons. The van der Waals surface area contributed by atoms with Crippen molar-refractivity contribution in [3.05, 3.63) is 51.0 Å². The van der Waals surface area contributed by atoms with Crippen LogP contribution in [0.1, 0.15) is 39.9 Å². The van der Waals surface area contributed by atoms with Crippen molar-refractivity contribution in [2.24, 2.45) is 0 Å². The molecule has 3 aromatic rings. The van der Waals surface area contributed by atoms with Crippen molar-refractivity contribution in [3.8, 4) is 17.5 Å². The molecular weight excluding hydrogens is 368 g/mol. The fourth-order valence-corrected chi connectivity index (χ4v) is 3.61. The molecule has 0 fully saturated rings. The van der Waals surface area contributed by atoms with Gasteiger partial charge in [-0.2, -0.15) is 5.26 Å². The quantitative estimate of drug-likeness (QED) is 0.598. The van der Waals surface area contributed by atoms with E-state index >= 15 is 0 Å². The number of halogens is 1. The molecule has 1 heterocycles. The molecule has 0 atom stereocenters. The van der Waals surface area contributed by atoms with Crippen LogP contribution in [0.4, 0.5) is 0 Å². The summed E-state index contributed by atoms with van der Waals surface area (Å²) in [7, 11) is 0. The van der Waals surface area contributed by atoms with Gasteiger partial charge in [-0.3, -0.25) is 4.79 Å². The Morgan fingerprint density at radius 3 is 2.92 bits per heavy atom. The molecule has 4 rings (SSSR count). The number of aromatic nitrogens is 1. The topological polar surface area (TPSA) is 66.9 Å². The van der Waals surface area contributed by atoms with Crippen molar-refractivity contribution < 1.29 is 9.21 Å². The van der Waals surface area contributed by atoms with Gasteiger partial charge in [-0.05, 0) is 49.1 Å². The number of fused-ring (bicyclic) bond motifs is 2. The molecule has 0 aliphatic heterocycles. The zero-order valence-corrected chi connectivity index (χ0v) is 14.6. The standard InChI is InChI=1S/C19H13BrN2O2/c1-10-11(4-2-6-15(10)20)19-22-16-8-13-12(5-3-7-17(13)23)14(9-21)18(16)24-19/h2,4,6,8H,3,5,7H2,1H3. The van der Waals surface area contributed by atoms with Crippen LogP contribution >= 0.6 is 15.9 Å². The van der Waals surface area contributed by atoms with Gasteiger partial charge in [0, 0.05) is 22.0 Å². The molecule has 0 unspecified atom stereocenters. The third-order valence-corrected chi connectivity index (χ3v) is 5.39. The first kappa shape index (κ1) is 15.1. The van der Waals surface area contributed by atoms with Crippen molar-refractivity contribution in [1.29, 1.82) is 5.26 Å². The Kier molecular flexibility index (Phi) is 3.50. The summed E-state index contributed by atoms with van der Waals surface area (Å²) in [5.41, 5.74) is 4.79. The zero-order chi connectivity index (χ0) is 16.8. The molecule has 0 spiro atoms. The number of hydrogen-bond acceptors (Lipinski definition) is 4. The van der Waals surface area contributed by atoms with Gasteiger partial charge < -0.3 is 4.42 Å². The third-order valence-electron chi connectivity index (χ3n) is 4.53. The van der Waals surface area contributed by atoms with E-state index in [2.05, 4.69) is 27.0 Å². The van der Waals surface area contributed by atoms with E-state index < -0.39 is 0 Å². The largest absolute Gasteiger partial charge is 0.435 e. The number of hydrogen-bond donors (Lipinski definition) is 0. The van der Waals surface area contributed by atoms with Crippen LogP contribution in [0, 0.1) is 18.3 Å². The van der Waals surface area contributed by atoms with Crippen molar-refractivity contribution in [2.45, 2.75) is 26.2 Å². The monoisotopic (exact) mass is 380 g/mol. The number of carbonyl (C=O) groups is 1. The molecule has 0 saturated heterocycles. The Bertz CT molecular complexity index is 1040. The summed E-state index contributed by atoms with van der Waals surface area (Å²) in [6, 6.07) is 9.79. The van der Waals surface area contributed by atoms with Gasteiger partial charge in [0.05, 0.1) is 0 Å². The number of oxazole rings is 1. The maximum atomic E-state index is 12.2. The van der Waals surface area contributed by atoms with E-state index in [4.69, 9.17) is 4.42 Å². The molecule has 0 saturated carbocycles. The average Bonchev–Trinajstić information content (AvgIpc) is 2.99. The summed E-state index contributed by atoms with van der Waals surface area (Å²) < 4.78 is 6.92. The second kappa shape index (κ2) is 5.57. The number of ketones is 1. The molecular formula is C19H13BrN2O2. The Labute approximate surface area is 147 Å². The smallest absolute Gasteiger partial charge is 0.227 e. The molecule has 0 bridgehead atoms. The molecule has 2 aromatic carbocycles. The highest BCUT2D eigenvalue weighted by atomic mass is 79.9. The van der Waals surface area contributed by atoms with E-state index in [0.717, 1.165) is 34.0 Å². The normalized spacial score (nSPS) is 13.8. The first-order valence-corrected chi connectivity index (χ1v) is 8.54. The van der Waals surface area contributed by atoms with Crippen molar-refractivity contribution in [2.75, 3.05) is 0 Å². The Morgan fingerprint density at radius 1 is 1.29 bits per heavy atom. The maximum absolute atomic E-state index is 12.2. The lowest BCUT2D eigenvalue weighted by Crippen LogP contribution is -2.12. The predicted molar refractivity (Wildman–Crippen MR) is 93.9 cm³/mol. The van der Waals surface area contributed by atoms with E-state index in [0.29, 0.717) is 34.5 Å². The number of nitrogens with zero attached hydrogens (tertiary/aromatic N) is 2. The van der Waals surface area contributed by atoms with E-state index in [1.807, 2.05) is 25.1 Å². The minimum atomic E-state index is 0.0813. The van der Waals surface area contributed by atoms with Gasteiger partial charge in [-0.1, -0.05) is 22.0 Å². The van der Waals surface area contributed by atoms with Gasteiger partial charge in [0.15, 0.2) is 11.4 Å². The number of Topliss-reactive ketones (excluding diaryl/α,β-unsaturated/α-hetero) is 1. The van der Waals surface area contributed by atoms with Crippen LogP contribution in [-0.2, 0) is 6.42 Å². The zero-order valence-electron chi connectivity index (χ0n) is 13.0. The van der Waals surface area contributed by atoms with E-state index in [1.54, 1.807) is 6.07 Å². The SMILES string of the molecule is Cc1c(Br)cccc1-c1nc2cc3c(c(C#N)c2o1)CCCC3=O. The predicted octanol–water partition coefficient (Wildman–Crippen LogP) is 4.96. The fraction of sp³-hybridized carbons (Fsp3) is 0.211. The Morgan fingerprint density at radius 2 is 2.12 bits per heavy atom. The highest BCUT2D eigenvalue weighted by Gasteiger charge is 2.25. The van der Waals surface area contributed by atoms with Crippen LogP contribution in [0.2, 0.25) is 0 Å². The van der Waals surface area contributed by atoms with Gasteiger partial charge in [0.2, 0.25) is 5.89 Å². The van der Waals surface area contributed by atoms with Crippen LogP contribution in [-0.4, -0.2) is 10.8 Å². The second-order valence-corrected chi connectivity index (χ2v) is 6.80. The Hall–Kier alpha value is -2.45. The number of nitriles is 1. The summed E-state index contributed by atoms with van der Waals surface area (Å²) in [6.45, 7) is 1.98. The van der Waals surface area contributed by atoms with Gasteiger partial charge in [-0.15, -0.1) is 0 Å². The molecule has 118 valence electrons. The van der Waals surface area contributed by atoms with E-state index in [1.165, 1.54) is 0 Å². The highest BCUT2D eigenvalue weighted by Crippen LogP contribution is 2.35. The molecule has 24 heavy (non-hydrogen) atoms. The molecule has 5 heteroatoms. The first-order valence-electron chi connectivity index (χ1n) is 7.75. The van der Waals surface area contributed by atoms with Crippen LogP contribution in [0.25, 0.3) is 22.6 Å². The number of rotatable bonds is 1. The summed E-state index contributed by atoms with van der Waals surface area (Å²) in [4.78, 5) is 16.7. The number of carbonyl (C=O) groups excluding carboxylic acids is 1. The summed E-state index contributed by atoms with van der Waals surface area (Å²) in [5, 5.41) is 9.60. The van der Waals surface area contributed by atoms with Crippen molar-refractivity contribution in [1.82, 2.24) is 4.98 Å². The van der Waals surface area contributed by atoms with Gasteiger partial charge in [-0.25, -0.2) is 4.98 Å². The minimum Gasteiger partial charge on any atom is -0.435 e. The summed E-state index contributed by atoms with van der Waals surface area (Å²) in [5.74, 6) is 0.549. The molecule has 0 amide bonds. The molecule has 0 N–H and O–H groups in total. The van der Waals surface area contributed by atoms with E-state index in [-0.39, 0.29) is 5.78 Å². The summed E-state index contributed by atoms with van der Waals surface area (Å²) in [6.07, 6.45) is 2.03. The van der Waals surface area contributed by atoms with Gasteiger partial charge in [0.1, 0.15) is 17.1 Å². The van der Waals surface area contributed by atoms with Crippen LogP contribution in [0.15, 0.2) is 33.2 Å². The van der Waals surface area contributed by atoms with Gasteiger partial charge >= 0.3 is 0 Å². The van der Waals surface area contributed by atoms with Crippen LogP contribution < -0.4 is 0 Å². The maximum Gasteiger partial charge on any atom is 0.227 e. The summed E-state index contributed by atoms with van der Waals surface area (Å²) >= 11 is 3.51. The fourth-order valence-electron chi connectivity index (χ4n) is 3.25. The van der Waals surface area contributed by atoms with Crippen molar-refractivity contribution in [3.63, 3.8) is 0 Å². The molecule has 1 aliphatic carbocycles. The molecule has 1 aliphatic rings. The third kappa shape index (κ3) is 2.18. The lowest BCUT2D eigenvalue weighted by Gasteiger charge is -2.15. The highest BCUT2D eigenvalue weighted by molar-refractivity contribution is 9.10. The van der Waals surface area contributed by atoms with E-state index in [9.17, 15) is 10.1 Å². The molecule has 1 aromatic heterocycles. The number of benzene rings is 2. The lowest BCUT2D eigenvalue weighted by molar-refractivity contribution is 0.0972. The first-order chi connectivity index (χ1) is 11.6. The van der Waals surface area contributed by atoms with Crippen molar-refractivity contribution >= 4 is 32.8 Å². The minimum absolute atomic E-state index is 0.0813. The van der Waals surface area contributed by atoms with Crippen LogP contribution in [0.5, 0.6) is 0 Å². The average molecular weight is 381 g/mol. The second-order valence-electron chi connectivity index (χ2n) is 5.95. The van der Waals surface area contributed by atoms with Gasteiger partial charge in [0.25, 0.3) is 0 Å². The Balaban J connectivity index is 2.01. The molecule has 4 nitrogen and oxygen atoms in total. The van der Waals surface area contributed by atoms with Crippen LogP contribution in [0.3, 0.4) is 0 Å². The lowest BCUT2D eigenvalue weighted by atomic mass is 9.87.